The Morgan fingerprint density at radius 2 is 1.70 bits per heavy atom. The second-order valence-electron chi connectivity index (χ2n) is 7.38. The summed E-state index contributed by atoms with van der Waals surface area (Å²) in [5.41, 5.74) is 2.03. The van der Waals surface area contributed by atoms with Crippen LogP contribution in [0.1, 0.15) is 28.5 Å². The van der Waals surface area contributed by atoms with Crippen molar-refractivity contribution in [1.82, 2.24) is 15.5 Å². The highest BCUT2D eigenvalue weighted by atomic mass is 32.1. The third-order valence-corrected chi connectivity index (χ3v) is 6.19. The van der Waals surface area contributed by atoms with E-state index < -0.39 is 6.04 Å². The lowest BCUT2D eigenvalue weighted by atomic mass is 9.98. The Morgan fingerprint density at radius 3 is 2.30 bits per heavy atom. The third-order valence-electron chi connectivity index (χ3n) is 5.33. The molecular formula is C24H25N3O2S. The second kappa shape index (κ2) is 9.69. The average Bonchev–Trinajstić information content (AvgIpc) is 3.29. The molecule has 1 aromatic heterocycles. The van der Waals surface area contributed by atoms with Crippen LogP contribution in [-0.2, 0) is 16.1 Å². The average molecular weight is 420 g/mol. The first kappa shape index (κ1) is 20.3. The number of thiophene rings is 1. The minimum absolute atomic E-state index is 0.0797. The van der Waals surface area contributed by atoms with E-state index in [0.717, 1.165) is 17.7 Å². The van der Waals surface area contributed by atoms with Gasteiger partial charge in [0.2, 0.25) is 11.8 Å². The van der Waals surface area contributed by atoms with Crippen molar-refractivity contribution in [3.05, 3.63) is 94.2 Å². The van der Waals surface area contributed by atoms with Gasteiger partial charge in [0.05, 0.1) is 18.5 Å². The molecule has 0 bridgehead atoms. The summed E-state index contributed by atoms with van der Waals surface area (Å²) in [6.07, 6.45) is 0.132. The fraction of sp³-hybridized carbons (Fsp3) is 0.250. The van der Waals surface area contributed by atoms with Gasteiger partial charge < -0.3 is 10.6 Å². The van der Waals surface area contributed by atoms with Crippen LogP contribution in [0.4, 0.5) is 0 Å². The topological polar surface area (TPSA) is 61.4 Å². The molecule has 2 aromatic carbocycles. The molecule has 0 spiro atoms. The molecule has 0 saturated carbocycles. The van der Waals surface area contributed by atoms with Gasteiger partial charge in [-0.05, 0) is 22.6 Å². The third kappa shape index (κ3) is 4.96. The molecular weight excluding hydrogens is 394 g/mol. The number of carbonyl (C=O) groups is 2. The van der Waals surface area contributed by atoms with Gasteiger partial charge in [-0.25, -0.2) is 0 Å². The molecule has 1 aliphatic rings. The monoisotopic (exact) mass is 419 g/mol. The van der Waals surface area contributed by atoms with Gasteiger partial charge in [-0.3, -0.25) is 14.5 Å². The molecule has 2 amide bonds. The molecule has 1 saturated heterocycles. The van der Waals surface area contributed by atoms with Crippen LogP contribution in [-0.4, -0.2) is 35.8 Å². The van der Waals surface area contributed by atoms with E-state index in [0.29, 0.717) is 13.1 Å². The minimum atomic E-state index is -0.465. The number of hydrogen-bond acceptors (Lipinski definition) is 4. The molecule has 2 heterocycles. The number of piperazine rings is 1. The number of amides is 2. The minimum Gasteiger partial charge on any atom is -0.353 e. The maximum absolute atomic E-state index is 13.0. The molecule has 4 rings (SSSR count). The van der Waals surface area contributed by atoms with Crippen molar-refractivity contribution in [3.63, 3.8) is 0 Å². The van der Waals surface area contributed by atoms with Gasteiger partial charge in [0, 0.05) is 24.5 Å². The van der Waals surface area contributed by atoms with Crippen molar-refractivity contribution in [2.45, 2.75) is 25.0 Å². The molecule has 1 aliphatic heterocycles. The quantitative estimate of drug-likeness (QED) is 0.617. The van der Waals surface area contributed by atoms with Crippen LogP contribution < -0.4 is 10.6 Å². The van der Waals surface area contributed by atoms with Crippen LogP contribution in [0.3, 0.4) is 0 Å². The zero-order valence-corrected chi connectivity index (χ0v) is 17.5. The SMILES string of the molecule is O=C(CC1C(=O)NCCN1Cc1cccs1)NC(c1ccccc1)c1ccccc1. The summed E-state index contributed by atoms with van der Waals surface area (Å²) in [4.78, 5) is 28.9. The molecule has 5 nitrogen and oxygen atoms in total. The summed E-state index contributed by atoms with van der Waals surface area (Å²) in [5, 5.41) is 8.09. The van der Waals surface area contributed by atoms with Crippen molar-refractivity contribution >= 4 is 23.2 Å². The summed E-state index contributed by atoms with van der Waals surface area (Å²) >= 11 is 1.67. The van der Waals surface area contributed by atoms with Crippen molar-refractivity contribution in [2.75, 3.05) is 13.1 Å². The summed E-state index contributed by atoms with van der Waals surface area (Å²) in [5.74, 6) is -0.213. The van der Waals surface area contributed by atoms with Gasteiger partial charge in [-0.2, -0.15) is 0 Å². The van der Waals surface area contributed by atoms with E-state index in [1.165, 1.54) is 4.88 Å². The highest BCUT2D eigenvalue weighted by Crippen LogP contribution is 2.23. The number of rotatable bonds is 7. The Bertz CT molecular complexity index is 921. The van der Waals surface area contributed by atoms with Gasteiger partial charge in [-0.1, -0.05) is 66.7 Å². The Kier molecular flexibility index (Phi) is 6.57. The van der Waals surface area contributed by atoms with Gasteiger partial charge in [0.15, 0.2) is 0 Å². The lowest BCUT2D eigenvalue weighted by Crippen LogP contribution is -2.56. The molecule has 1 fully saturated rings. The standard InChI is InChI=1S/C24H25N3O2S/c28-22(16-21-24(29)25-13-14-27(21)17-20-12-7-15-30-20)26-23(18-8-3-1-4-9-18)19-10-5-2-6-11-19/h1-12,15,21,23H,13-14,16-17H2,(H,25,29)(H,26,28). The number of nitrogens with zero attached hydrogens (tertiary/aromatic N) is 1. The maximum Gasteiger partial charge on any atom is 0.237 e. The summed E-state index contributed by atoms with van der Waals surface area (Å²) in [6, 6.07) is 23.2. The molecule has 6 heteroatoms. The predicted octanol–water partition coefficient (Wildman–Crippen LogP) is 3.34. The number of nitrogens with one attached hydrogen (secondary N) is 2. The molecule has 30 heavy (non-hydrogen) atoms. The van der Waals surface area contributed by atoms with Crippen LogP contribution in [0, 0.1) is 0 Å². The molecule has 2 N–H and O–H groups in total. The van der Waals surface area contributed by atoms with E-state index in [-0.39, 0.29) is 24.3 Å². The van der Waals surface area contributed by atoms with Crippen molar-refractivity contribution in [3.8, 4) is 0 Å². The molecule has 1 atom stereocenters. The fourth-order valence-electron chi connectivity index (χ4n) is 3.82. The van der Waals surface area contributed by atoms with E-state index in [4.69, 9.17) is 0 Å². The van der Waals surface area contributed by atoms with Crippen LogP contribution in [0.25, 0.3) is 0 Å². The van der Waals surface area contributed by atoms with Gasteiger partial charge >= 0.3 is 0 Å². The fourth-order valence-corrected chi connectivity index (χ4v) is 4.55. The van der Waals surface area contributed by atoms with Gasteiger partial charge in [0.1, 0.15) is 0 Å². The van der Waals surface area contributed by atoms with Crippen LogP contribution in [0.15, 0.2) is 78.2 Å². The molecule has 3 aromatic rings. The van der Waals surface area contributed by atoms with E-state index in [9.17, 15) is 9.59 Å². The van der Waals surface area contributed by atoms with Crippen molar-refractivity contribution < 1.29 is 9.59 Å². The first-order chi connectivity index (χ1) is 14.7. The highest BCUT2D eigenvalue weighted by molar-refractivity contribution is 7.09. The highest BCUT2D eigenvalue weighted by Gasteiger charge is 2.32. The smallest absolute Gasteiger partial charge is 0.237 e. The van der Waals surface area contributed by atoms with Crippen LogP contribution in [0.2, 0.25) is 0 Å². The molecule has 0 radical (unpaired) electrons. The molecule has 0 aliphatic carbocycles. The molecule has 1 unspecified atom stereocenters. The van der Waals surface area contributed by atoms with Crippen LogP contribution >= 0.6 is 11.3 Å². The number of hydrogen-bond donors (Lipinski definition) is 2. The Morgan fingerprint density at radius 1 is 1.03 bits per heavy atom. The zero-order valence-electron chi connectivity index (χ0n) is 16.7. The maximum atomic E-state index is 13.0. The number of benzene rings is 2. The molecule has 154 valence electrons. The van der Waals surface area contributed by atoms with Gasteiger partial charge in [-0.15, -0.1) is 11.3 Å². The lowest BCUT2D eigenvalue weighted by molar-refractivity contribution is -0.134. The zero-order chi connectivity index (χ0) is 20.8. The lowest BCUT2D eigenvalue weighted by Gasteiger charge is -2.34. The van der Waals surface area contributed by atoms with E-state index >= 15 is 0 Å². The van der Waals surface area contributed by atoms with Gasteiger partial charge in [0.25, 0.3) is 0 Å². The summed E-state index contributed by atoms with van der Waals surface area (Å²) < 4.78 is 0. The Balaban J connectivity index is 1.49. The Labute approximate surface area is 180 Å². The summed E-state index contributed by atoms with van der Waals surface area (Å²) in [7, 11) is 0. The Hall–Kier alpha value is -2.96. The number of carbonyl (C=O) groups excluding carboxylic acids is 2. The van der Waals surface area contributed by atoms with E-state index in [2.05, 4.69) is 21.6 Å². The largest absolute Gasteiger partial charge is 0.353 e. The predicted molar refractivity (Wildman–Crippen MR) is 119 cm³/mol. The first-order valence-electron chi connectivity index (χ1n) is 10.1. The normalized spacial score (nSPS) is 17.0. The second-order valence-corrected chi connectivity index (χ2v) is 8.41. The summed E-state index contributed by atoms with van der Waals surface area (Å²) in [6.45, 7) is 2.03. The van der Waals surface area contributed by atoms with E-state index in [1.54, 1.807) is 11.3 Å². The van der Waals surface area contributed by atoms with Crippen molar-refractivity contribution in [2.24, 2.45) is 0 Å². The van der Waals surface area contributed by atoms with Crippen LogP contribution in [0.5, 0.6) is 0 Å². The van der Waals surface area contributed by atoms with E-state index in [1.807, 2.05) is 72.1 Å². The van der Waals surface area contributed by atoms with Crippen molar-refractivity contribution in [1.29, 1.82) is 0 Å². The first-order valence-corrected chi connectivity index (χ1v) is 11.0.